The molecule has 7 heteroatoms. The van der Waals surface area contributed by atoms with Crippen LogP contribution in [0, 0.1) is 0 Å². The number of benzene rings is 1. The van der Waals surface area contributed by atoms with Crippen molar-refractivity contribution in [1.82, 2.24) is 14.8 Å². The number of anilines is 2. The number of amides is 1. The smallest absolute Gasteiger partial charge is 0.272 e. The molecule has 3 heterocycles. The van der Waals surface area contributed by atoms with Gasteiger partial charge in [0.1, 0.15) is 5.69 Å². The Bertz CT molecular complexity index is 770. The minimum atomic E-state index is -0.0114. The van der Waals surface area contributed by atoms with E-state index in [0.717, 1.165) is 49.1 Å². The van der Waals surface area contributed by atoms with Crippen molar-refractivity contribution in [1.29, 1.82) is 0 Å². The lowest BCUT2D eigenvalue weighted by atomic mass is 10.2. The molecule has 2 aliphatic heterocycles. The molecule has 1 N–H and O–H groups in total. The number of carbonyl (C=O) groups excluding carboxylic acids is 1. The van der Waals surface area contributed by atoms with Crippen molar-refractivity contribution in [2.45, 2.75) is 0 Å². The van der Waals surface area contributed by atoms with Crippen molar-refractivity contribution >= 4 is 17.3 Å². The third-order valence-electron chi connectivity index (χ3n) is 4.43. The number of piperazine rings is 1. The van der Waals surface area contributed by atoms with Crippen molar-refractivity contribution in [2.24, 2.45) is 0 Å². The zero-order chi connectivity index (χ0) is 17.2. The first kappa shape index (κ1) is 15.7. The van der Waals surface area contributed by atoms with Gasteiger partial charge in [0.15, 0.2) is 11.5 Å². The third kappa shape index (κ3) is 3.36. The van der Waals surface area contributed by atoms with E-state index in [9.17, 15) is 4.79 Å². The minimum Gasteiger partial charge on any atom is -0.454 e. The highest BCUT2D eigenvalue weighted by Gasteiger charge is 2.21. The highest BCUT2D eigenvalue weighted by molar-refractivity contribution is 5.92. The van der Waals surface area contributed by atoms with Crippen LogP contribution in [0.2, 0.25) is 0 Å². The number of likely N-dealkylation sites (N-methyl/N-ethyl adjacent to an activating group) is 1. The number of hydrogen-bond acceptors (Lipinski definition) is 6. The van der Waals surface area contributed by atoms with Crippen LogP contribution in [0.4, 0.5) is 11.4 Å². The highest BCUT2D eigenvalue weighted by Crippen LogP contribution is 2.35. The molecule has 7 nitrogen and oxygen atoms in total. The van der Waals surface area contributed by atoms with Crippen molar-refractivity contribution in [3.8, 4) is 11.5 Å². The fraction of sp³-hybridized carbons (Fsp3) is 0.333. The van der Waals surface area contributed by atoms with Gasteiger partial charge in [0.05, 0.1) is 11.9 Å². The van der Waals surface area contributed by atoms with Crippen LogP contribution in [0.25, 0.3) is 0 Å². The summed E-state index contributed by atoms with van der Waals surface area (Å²) < 4.78 is 10.7. The molecule has 130 valence electrons. The molecule has 4 rings (SSSR count). The van der Waals surface area contributed by atoms with E-state index in [1.165, 1.54) is 0 Å². The summed E-state index contributed by atoms with van der Waals surface area (Å²) in [6, 6.07) is 9.28. The van der Waals surface area contributed by atoms with Crippen LogP contribution >= 0.6 is 0 Å². The number of aromatic nitrogens is 1. The predicted molar refractivity (Wildman–Crippen MR) is 93.5 cm³/mol. The van der Waals surface area contributed by atoms with Gasteiger partial charge < -0.3 is 24.6 Å². The molecule has 0 unspecified atom stereocenters. The van der Waals surface area contributed by atoms with Crippen molar-refractivity contribution in [2.75, 3.05) is 45.3 Å². The lowest BCUT2D eigenvalue weighted by Crippen LogP contribution is -2.47. The van der Waals surface area contributed by atoms with Crippen LogP contribution in [0.15, 0.2) is 36.5 Å². The largest absolute Gasteiger partial charge is 0.454 e. The summed E-state index contributed by atoms with van der Waals surface area (Å²) in [6.45, 7) is 3.54. The molecular weight excluding hydrogens is 320 g/mol. The first-order valence-corrected chi connectivity index (χ1v) is 8.29. The van der Waals surface area contributed by atoms with Crippen LogP contribution in [0.3, 0.4) is 0 Å². The van der Waals surface area contributed by atoms with Gasteiger partial charge in [-0.15, -0.1) is 0 Å². The predicted octanol–water partition coefficient (Wildman–Crippen LogP) is 1.94. The van der Waals surface area contributed by atoms with E-state index >= 15 is 0 Å². The SMILES string of the molecule is CN1CCN(C(=O)c2ccc(Nc3ccc4c(c3)OCO4)cn2)CC1. The van der Waals surface area contributed by atoms with E-state index < -0.39 is 0 Å². The zero-order valence-corrected chi connectivity index (χ0v) is 14.1. The fourth-order valence-electron chi connectivity index (χ4n) is 2.91. The molecule has 0 saturated carbocycles. The molecule has 0 atom stereocenters. The molecule has 2 aliphatic rings. The normalized spacial score (nSPS) is 16.8. The summed E-state index contributed by atoms with van der Waals surface area (Å²) in [7, 11) is 2.07. The maximum absolute atomic E-state index is 12.5. The van der Waals surface area contributed by atoms with E-state index in [4.69, 9.17) is 9.47 Å². The first-order chi connectivity index (χ1) is 12.2. The number of hydrogen-bond donors (Lipinski definition) is 1. The van der Waals surface area contributed by atoms with E-state index in [1.807, 2.05) is 29.2 Å². The highest BCUT2D eigenvalue weighted by atomic mass is 16.7. The molecule has 0 radical (unpaired) electrons. The molecule has 1 aromatic carbocycles. The third-order valence-corrected chi connectivity index (χ3v) is 4.43. The summed E-state index contributed by atoms with van der Waals surface area (Å²) in [6.07, 6.45) is 1.67. The summed E-state index contributed by atoms with van der Waals surface area (Å²) in [4.78, 5) is 20.9. The average molecular weight is 340 g/mol. The van der Waals surface area contributed by atoms with Crippen LogP contribution in [0.1, 0.15) is 10.5 Å². The zero-order valence-electron chi connectivity index (χ0n) is 14.1. The summed E-state index contributed by atoms with van der Waals surface area (Å²) in [5, 5.41) is 3.26. The van der Waals surface area contributed by atoms with Crippen LogP contribution in [0.5, 0.6) is 11.5 Å². The molecular formula is C18H20N4O3. The van der Waals surface area contributed by atoms with Gasteiger partial charge in [0.25, 0.3) is 5.91 Å². The standard InChI is InChI=1S/C18H20N4O3/c1-21-6-8-22(9-7-21)18(23)15-4-2-14(11-19-15)20-13-3-5-16-17(10-13)25-12-24-16/h2-5,10-11,20H,6-9,12H2,1H3. The van der Waals surface area contributed by atoms with Crippen LogP contribution in [-0.2, 0) is 0 Å². The van der Waals surface area contributed by atoms with Gasteiger partial charge in [0, 0.05) is 37.9 Å². The number of ether oxygens (including phenoxy) is 2. The summed E-state index contributed by atoms with van der Waals surface area (Å²) >= 11 is 0. The number of fused-ring (bicyclic) bond motifs is 1. The van der Waals surface area contributed by atoms with E-state index in [0.29, 0.717) is 5.69 Å². The van der Waals surface area contributed by atoms with Crippen LogP contribution in [-0.4, -0.2) is 60.7 Å². The van der Waals surface area contributed by atoms with Gasteiger partial charge >= 0.3 is 0 Å². The molecule has 0 bridgehead atoms. The Morgan fingerprint density at radius 3 is 2.56 bits per heavy atom. The Hall–Kier alpha value is -2.80. The van der Waals surface area contributed by atoms with Gasteiger partial charge in [-0.1, -0.05) is 0 Å². The Labute approximate surface area is 146 Å². The number of rotatable bonds is 3. The van der Waals surface area contributed by atoms with E-state index in [-0.39, 0.29) is 12.7 Å². The van der Waals surface area contributed by atoms with E-state index in [2.05, 4.69) is 22.2 Å². The monoisotopic (exact) mass is 340 g/mol. The number of nitrogens with one attached hydrogen (secondary N) is 1. The van der Waals surface area contributed by atoms with E-state index in [1.54, 1.807) is 12.3 Å². The van der Waals surface area contributed by atoms with Gasteiger partial charge in [-0.25, -0.2) is 4.98 Å². The lowest BCUT2D eigenvalue weighted by molar-refractivity contribution is 0.0658. The van der Waals surface area contributed by atoms with Gasteiger partial charge in [-0.2, -0.15) is 0 Å². The van der Waals surface area contributed by atoms with Crippen molar-refractivity contribution < 1.29 is 14.3 Å². The van der Waals surface area contributed by atoms with Gasteiger partial charge in [-0.3, -0.25) is 4.79 Å². The molecule has 1 amide bonds. The number of nitrogens with zero attached hydrogens (tertiary/aromatic N) is 3. The Balaban J connectivity index is 1.42. The molecule has 2 aromatic rings. The molecule has 0 aliphatic carbocycles. The molecule has 1 fully saturated rings. The summed E-state index contributed by atoms with van der Waals surface area (Å²) in [5.41, 5.74) is 2.17. The molecule has 0 spiro atoms. The van der Waals surface area contributed by atoms with Crippen molar-refractivity contribution in [3.05, 3.63) is 42.2 Å². The lowest BCUT2D eigenvalue weighted by Gasteiger charge is -2.32. The molecule has 1 aromatic heterocycles. The topological polar surface area (TPSA) is 66.9 Å². The van der Waals surface area contributed by atoms with Crippen LogP contribution < -0.4 is 14.8 Å². The fourth-order valence-corrected chi connectivity index (χ4v) is 2.91. The number of pyridine rings is 1. The molecule has 1 saturated heterocycles. The molecule has 25 heavy (non-hydrogen) atoms. The maximum Gasteiger partial charge on any atom is 0.272 e. The van der Waals surface area contributed by atoms with Gasteiger partial charge in [-0.05, 0) is 31.3 Å². The Morgan fingerprint density at radius 1 is 1.04 bits per heavy atom. The summed E-state index contributed by atoms with van der Waals surface area (Å²) in [5.74, 6) is 1.46. The Kier molecular flexibility index (Phi) is 4.15. The number of carbonyl (C=O) groups is 1. The second-order valence-corrected chi connectivity index (χ2v) is 6.22. The second-order valence-electron chi connectivity index (χ2n) is 6.22. The maximum atomic E-state index is 12.5. The minimum absolute atomic E-state index is 0.0114. The van der Waals surface area contributed by atoms with Crippen molar-refractivity contribution in [3.63, 3.8) is 0 Å². The van der Waals surface area contributed by atoms with Gasteiger partial charge in [0.2, 0.25) is 6.79 Å². The average Bonchev–Trinajstić information content (AvgIpc) is 3.10. The Morgan fingerprint density at radius 2 is 1.80 bits per heavy atom. The first-order valence-electron chi connectivity index (χ1n) is 8.29. The second kappa shape index (κ2) is 6.60. The quantitative estimate of drug-likeness (QED) is 0.921.